The first-order valence-electron chi connectivity index (χ1n) is 13.8. The standard InChI is InChI=1S/C28H45N5O5/c1-5-7-9-16-24(34)33-19-12-15-23(33)28(37)32(4)25(20(3)6-2)27(36)30-22(26(35)31-38)17-18-29-21-13-10-8-11-14-21/h8,10-11,13-14,20,22-23,25,29,38H,5-7,9,12,15-19H2,1-4H3,(H,30,36)(H,31,35)/t20?,22-,23-,25-/m0/s1. The Morgan fingerprint density at radius 2 is 1.82 bits per heavy atom. The highest BCUT2D eigenvalue weighted by Crippen LogP contribution is 2.24. The zero-order valence-electron chi connectivity index (χ0n) is 23.2. The van der Waals surface area contributed by atoms with E-state index < -0.39 is 29.9 Å². The normalized spacial score (nSPS) is 17.3. The van der Waals surface area contributed by atoms with Crippen LogP contribution in [0.2, 0.25) is 0 Å². The molecule has 10 nitrogen and oxygen atoms in total. The van der Waals surface area contributed by atoms with Gasteiger partial charge >= 0.3 is 0 Å². The van der Waals surface area contributed by atoms with Crippen LogP contribution in [-0.4, -0.2) is 76.9 Å². The molecule has 38 heavy (non-hydrogen) atoms. The first kappa shape index (κ1) is 31.1. The van der Waals surface area contributed by atoms with Gasteiger partial charge in [0.05, 0.1) is 0 Å². The lowest BCUT2D eigenvalue weighted by Crippen LogP contribution is -2.58. The molecule has 212 valence electrons. The van der Waals surface area contributed by atoms with Crippen LogP contribution in [0.25, 0.3) is 0 Å². The number of anilines is 1. The predicted molar refractivity (Wildman–Crippen MR) is 146 cm³/mol. The molecule has 1 aromatic rings. The number of benzene rings is 1. The average Bonchev–Trinajstić information content (AvgIpc) is 3.42. The number of para-hydroxylation sites is 1. The SMILES string of the molecule is CCCCCC(=O)N1CCC[C@H]1C(=O)N(C)[C@H](C(=O)N[C@@H](CCNc1ccccc1)C(=O)NO)C(C)CC. The lowest BCUT2D eigenvalue weighted by molar-refractivity contribution is -0.148. The Balaban J connectivity index is 2.10. The maximum absolute atomic E-state index is 13.6. The van der Waals surface area contributed by atoms with E-state index in [2.05, 4.69) is 17.6 Å². The minimum atomic E-state index is -0.998. The number of likely N-dealkylation sites (tertiary alicyclic amines) is 1. The summed E-state index contributed by atoms with van der Waals surface area (Å²) in [4.78, 5) is 55.3. The Hall–Kier alpha value is -3.14. The topological polar surface area (TPSA) is 131 Å². The van der Waals surface area contributed by atoms with Gasteiger partial charge < -0.3 is 20.4 Å². The number of amides is 4. The van der Waals surface area contributed by atoms with Crippen molar-refractivity contribution in [1.29, 1.82) is 0 Å². The van der Waals surface area contributed by atoms with Gasteiger partial charge in [-0.15, -0.1) is 0 Å². The van der Waals surface area contributed by atoms with Crippen LogP contribution in [0.15, 0.2) is 30.3 Å². The number of unbranched alkanes of at least 4 members (excludes halogenated alkanes) is 2. The molecule has 1 saturated heterocycles. The molecule has 1 unspecified atom stereocenters. The second-order valence-corrected chi connectivity index (χ2v) is 10.1. The summed E-state index contributed by atoms with van der Waals surface area (Å²) in [5.41, 5.74) is 2.50. The smallest absolute Gasteiger partial charge is 0.265 e. The van der Waals surface area contributed by atoms with Crippen LogP contribution in [0.5, 0.6) is 0 Å². The van der Waals surface area contributed by atoms with E-state index in [0.717, 1.165) is 31.4 Å². The third-order valence-corrected chi connectivity index (χ3v) is 7.35. The van der Waals surface area contributed by atoms with Crippen LogP contribution in [0, 0.1) is 5.92 Å². The lowest BCUT2D eigenvalue weighted by atomic mass is 9.95. The monoisotopic (exact) mass is 531 g/mol. The van der Waals surface area contributed by atoms with Crippen molar-refractivity contribution in [1.82, 2.24) is 20.6 Å². The number of carbonyl (C=O) groups excluding carboxylic acids is 4. The zero-order valence-corrected chi connectivity index (χ0v) is 23.2. The fraction of sp³-hybridized carbons (Fsp3) is 0.643. The van der Waals surface area contributed by atoms with Crippen LogP contribution < -0.4 is 16.1 Å². The highest BCUT2D eigenvalue weighted by molar-refractivity contribution is 5.94. The second-order valence-electron chi connectivity index (χ2n) is 10.1. The van der Waals surface area contributed by atoms with E-state index in [-0.39, 0.29) is 24.2 Å². The second kappa shape index (κ2) is 16.0. The Morgan fingerprint density at radius 1 is 1.11 bits per heavy atom. The number of nitrogens with one attached hydrogen (secondary N) is 3. The molecule has 4 atom stereocenters. The molecular formula is C28H45N5O5. The van der Waals surface area contributed by atoms with Gasteiger partial charge in [0.25, 0.3) is 5.91 Å². The molecule has 1 aromatic carbocycles. The summed E-state index contributed by atoms with van der Waals surface area (Å²) >= 11 is 0. The zero-order chi connectivity index (χ0) is 28.1. The molecule has 1 fully saturated rings. The van der Waals surface area contributed by atoms with Gasteiger partial charge in [-0.05, 0) is 43.7 Å². The minimum absolute atomic E-state index is 0.0159. The van der Waals surface area contributed by atoms with Gasteiger partial charge in [0.1, 0.15) is 18.1 Å². The van der Waals surface area contributed by atoms with Crippen molar-refractivity contribution in [3.05, 3.63) is 30.3 Å². The van der Waals surface area contributed by atoms with Crippen LogP contribution in [0.1, 0.15) is 72.1 Å². The Morgan fingerprint density at radius 3 is 2.45 bits per heavy atom. The molecular weight excluding hydrogens is 486 g/mol. The van der Waals surface area contributed by atoms with Gasteiger partial charge in [0.2, 0.25) is 17.7 Å². The van der Waals surface area contributed by atoms with Crippen molar-refractivity contribution in [2.24, 2.45) is 5.92 Å². The van der Waals surface area contributed by atoms with Crippen molar-refractivity contribution < 1.29 is 24.4 Å². The van der Waals surface area contributed by atoms with Gasteiger partial charge in [0, 0.05) is 32.2 Å². The maximum atomic E-state index is 13.6. The van der Waals surface area contributed by atoms with Crippen LogP contribution in [0.3, 0.4) is 0 Å². The summed E-state index contributed by atoms with van der Waals surface area (Å²) in [5, 5.41) is 15.2. The molecule has 1 aliphatic heterocycles. The summed E-state index contributed by atoms with van der Waals surface area (Å²) in [5.74, 6) is -1.68. The van der Waals surface area contributed by atoms with E-state index in [0.29, 0.717) is 32.4 Å². The van der Waals surface area contributed by atoms with Crippen molar-refractivity contribution in [2.45, 2.75) is 90.3 Å². The highest BCUT2D eigenvalue weighted by atomic mass is 16.5. The Labute approximate surface area is 226 Å². The number of nitrogens with zero attached hydrogens (tertiary/aromatic N) is 2. The minimum Gasteiger partial charge on any atom is -0.385 e. The molecule has 0 saturated carbocycles. The average molecular weight is 532 g/mol. The first-order valence-corrected chi connectivity index (χ1v) is 13.8. The molecule has 4 N–H and O–H groups in total. The number of likely N-dealkylation sites (N-methyl/N-ethyl adjacent to an activating group) is 1. The predicted octanol–water partition coefficient (Wildman–Crippen LogP) is 2.92. The molecule has 0 spiro atoms. The van der Waals surface area contributed by atoms with Gasteiger partial charge in [-0.2, -0.15) is 0 Å². The largest absolute Gasteiger partial charge is 0.385 e. The van der Waals surface area contributed by atoms with Crippen molar-refractivity contribution >= 4 is 29.3 Å². The fourth-order valence-corrected chi connectivity index (χ4v) is 4.92. The number of rotatable bonds is 15. The Bertz CT molecular complexity index is 912. The van der Waals surface area contributed by atoms with Gasteiger partial charge in [-0.1, -0.05) is 58.2 Å². The molecule has 2 rings (SSSR count). The van der Waals surface area contributed by atoms with Gasteiger partial charge in [-0.25, -0.2) is 5.48 Å². The van der Waals surface area contributed by atoms with Crippen LogP contribution in [0.4, 0.5) is 5.69 Å². The first-order chi connectivity index (χ1) is 18.2. The fourth-order valence-electron chi connectivity index (χ4n) is 4.92. The lowest BCUT2D eigenvalue weighted by Gasteiger charge is -2.36. The maximum Gasteiger partial charge on any atom is 0.265 e. The molecule has 0 aliphatic carbocycles. The van der Waals surface area contributed by atoms with E-state index in [1.54, 1.807) is 17.4 Å². The number of hydroxylamine groups is 1. The number of carbonyl (C=O) groups is 4. The molecule has 1 aliphatic rings. The third kappa shape index (κ3) is 8.72. The third-order valence-electron chi connectivity index (χ3n) is 7.35. The molecule has 4 amide bonds. The highest BCUT2D eigenvalue weighted by Gasteiger charge is 2.40. The molecule has 0 aromatic heterocycles. The van der Waals surface area contributed by atoms with E-state index in [1.165, 1.54) is 4.90 Å². The summed E-state index contributed by atoms with van der Waals surface area (Å²) in [6.07, 6.45) is 5.38. The summed E-state index contributed by atoms with van der Waals surface area (Å²) in [6.45, 7) is 6.82. The van der Waals surface area contributed by atoms with Gasteiger partial charge in [0.15, 0.2) is 0 Å². The molecule has 1 heterocycles. The van der Waals surface area contributed by atoms with Crippen molar-refractivity contribution in [2.75, 3.05) is 25.5 Å². The van der Waals surface area contributed by atoms with E-state index in [9.17, 15) is 24.4 Å². The van der Waals surface area contributed by atoms with E-state index in [4.69, 9.17) is 0 Å². The molecule has 0 bridgehead atoms. The van der Waals surface area contributed by atoms with Gasteiger partial charge in [-0.3, -0.25) is 24.4 Å². The van der Waals surface area contributed by atoms with Crippen molar-refractivity contribution in [3.63, 3.8) is 0 Å². The number of hydrogen-bond acceptors (Lipinski definition) is 6. The quantitative estimate of drug-likeness (QED) is 0.156. The Kier molecular flexibility index (Phi) is 13.1. The van der Waals surface area contributed by atoms with Crippen LogP contribution in [-0.2, 0) is 19.2 Å². The van der Waals surface area contributed by atoms with E-state index in [1.807, 2.05) is 44.2 Å². The molecule has 10 heteroatoms. The van der Waals surface area contributed by atoms with Crippen molar-refractivity contribution in [3.8, 4) is 0 Å². The van der Waals surface area contributed by atoms with Crippen LogP contribution >= 0.6 is 0 Å². The summed E-state index contributed by atoms with van der Waals surface area (Å²) in [6, 6.07) is 7.03. The summed E-state index contributed by atoms with van der Waals surface area (Å²) < 4.78 is 0. The molecule has 0 radical (unpaired) electrons. The summed E-state index contributed by atoms with van der Waals surface area (Å²) in [7, 11) is 1.59. The number of hydrogen-bond donors (Lipinski definition) is 4. The van der Waals surface area contributed by atoms with E-state index >= 15 is 0 Å².